The number of nitrogens with zero attached hydrogens (tertiary/aromatic N) is 1. The van der Waals surface area contributed by atoms with Crippen molar-refractivity contribution in [3.63, 3.8) is 0 Å². The van der Waals surface area contributed by atoms with Gasteiger partial charge in [0.05, 0.1) is 6.42 Å². The van der Waals surface area contributed by atoms with Crippen molar-refractivity contribution in [2.24, 2.45) is 0 Å². The molecule has 1 heterocycles. The largest absolute Gasteiger partial charge is 0.339 e. The van der Waals surface area contributed by atoms with Crippen molar-refractivity contribution < 1.29 is 4.79 Å². The molecule has 0 aromatic heterocycles. The second-order valence-electron chi connectivity index (χ2n) is 5.43. The first kappa shape index (κ1) is 13.6. The van der Waals surface area contributed by atoms with Crippen LogP contribution >= 0.6 is 15.9 Å². The van der Waals surface area contributed by atoms with Gasteiger partial charge in [-0.1, -0.05) is 28.1 Å². The van der Waals surface area contributed by atoms with Gasteiger partial charge in [-0.2, -0.15) is 0 Å². The van der Waals surface area contributed by atoms with E-state index in [-0.39, 0.29) is 11.4 Å². The zero-order valence-electron chi connectivity index (χ0n) is 10.9. The SMILES string of the molecule is CC1(C)CN(C(=O)Cc2cccc(Br)c2)CCN1. The van der Waals surface area contributed by atoms with Gasteiger partial charge in [-0.05, 0) is 31.5 Å². The van der Waals surface area contributed by atoms with E-state index in [0.717, 1.165) is 29.7 Å². The molecular weight excluding hydrogens is 292 g/mol. The van der Waals surface area contributed by atoms with Crippen molar-refractivity contribution in [1.29, 1.82) is 0 Å². The number of nitrogens with one attached hydrogen (secondary N) is 1. The summed E-state index contributed by atoms with van der Waals surface area (Å²) in [5.74, 6) is 0.211. The van der Waals surface area contributed by atoms with Gasteiger partial charge in [-0.25, -0.2) is 0 Å². The summed E-state index contributed by atoms with van der Waals surface area (Å²) in [6.45, 7) is 6.71. The summed E-state index contributed by atoms with van der Waals surface area (Å²) in [4.78, 5) is 14.2. The molecule has 1 fully saturated rings. The lowest BCUT2D eigenvalue weighted by Crippen LogP contribution is -2.58. The topological polar surface area (TPSA) is 32.3 Å². The van der Waals surface area contributed by atoms with Gasteiger partial charge in [0.15, 0.2) is 0 Å². The van der Waals surface area contributed by atoms with Crippen LogP contribution in [0.1, 0.15) is 19.4 Å². The van der Waals surface area contributed by atoms with E-state index in [1.165, 1.54) is 0 Å². The van der Waals surface area contributed by atoms with Crippen LogP contribution in [0, 0.1) is 0 Å². The predicted molar refractivity (Wildman–Crippen MR) is 76.5 cm³/mol. The maximum atomic E-state index is 12.2. The highest BCUT2D eigenvalue weighted by molar-refractivity contribution is 9.10. The molecular formula is C14H19BrN2O. The molecule has 0 unspecified atom stereocenters. The molecule has 1 aromatic carbocycles. The average Bonchev–Trinajstić information content (AvgIpc) is 2.27. The molecule has 1 amide bonds. The van der Waals surface area contributed by atoms with Gasteiger partial charge in [0.1, 0.15) is 0 Å². The first-order valence-corrected chi connectivity index (χ1v) is 7.03. The van der Waals surface area contributed by atoms with Crippen LogP contribution in [0.2, 0.25) is 0 Å². The summed E-state index contributed by atoms with van der Waals surface area (Å²) in [5.41, 5.74) is 1.08. The minimum Gasteiger partial charge on any atom is -0.339 e. The minimum atomic E-state index is 0.0190. The van der Waals surface area contributed by atoms with Crippen molar-refractivity contribution in [3.8, 4) is 0 Å². The van der Waals surface area contributed by atoms with E-state index < -0.39 is 0 Å². The van der Waals surface area contributed by atoms with E-state index in [2.05, 4.69) is 35.1 Å². The molecule has 0 atom stereocenters. The molecule has 1 aliphatic rings. The number of amides is 1. The number of carbonyl (C=O) groups excluding carboxylic acids is 1. The van der Waals surface area contributed by atoms with E-state index in [1.807, 2.05) is 29.2 Å². The Balaban J connectivity index is 2.00. The first-order valence-electron chi connectivity index (χ1n) is 6.23. The predicted octanol–water partition coefficient (Wildman–Crippen LogP) is 2.20. The van der Waals surface area contributed by atoms with Crippen LogP contribution in [0.4, 0.5) is 0 Å². The molecule has 0 bridgehead atoms. The third-order valence-electron chi connectivity index (χ3n) is 3.17. The molecule has 0 aliphatic carbocycles. The average molecular weight is 311 g/mol. The fourth-order valence-electron chi connectivity index (χ4n) is 2.29. The first-order chi connectivity index (χ1) is 8.46. The highest BCUT2D eigenvalue weighted by Crippen LogP contribution is 2.15. The molecule has 1 N–H and O–H groups in total. The molecule has 1 aliphatic heterocycles. The third-order valence-corrected chi connectivity index (χ3v) is 3.66. The van der Waals surface area contributed by atoms with Gasteiger partial charge >= 0.3 is 0 Å². The minimum absolute atomic E-state index is 0.0190. The molecule has 0 saturated carbocycles. The Kier molecular flexibility index (Phi) is 4.07. The van der Waals surface area contributed by atoms with Crippen molar-refractivity contribution in [3.05, 3.63) is 34.3 Å². The monoisotopic (exact) mass is 310 g/mol. The number of rotatable bonds is 2. The molecule has 1 aromatic rings. The lowest BCUT2D eigenvalue weighted by Gasteiger charge is -2.39. The lowest BCUT2D eigenvalue weighted by molar-refractivity contribution is -0.132. The Bertz CT molecular complexity index is 445. The van der Waals surface area contributed by atoms with Crippen LogP contribution in [0.15, 0.2) is 28.7 Å². The fourth-order valence-corrected chi connectivity index (χ4v) is 2.73. The molecule has 2 rings (SSSR count). The van der Waals surface area contributed by atoms with Gasteiger partial charge in [-0.3, -0.25) is 4.79 Å². The summed E-state index contributed by atoms with van der Waals surface area (Å²) >= 11 is 3.43. The van der Waals surface area contributed by atoms with Gasteiger partial charge in [0, 0.05) is 29.6 Å². The lowest BCUT2D eigenvalue weighted by atomic mass is 10.0. The number of halogens is 1. The van der Waals surface area contributed by atoms with Gasteiger partial charge in [0.25, 0.3) is 0 Å². The summed E-state index contributed by atoms with van der Waals surface area (Å²) in [6.07, 6.45) is 0.482. The molecule has 0 spiro atoms. The highest BCUT2D eigenvalue weighted by atomic mass is 79.9. The van der Waals surface area contributed by atoms with E-state index in [4.69, 9.17) is 0 Å². The smallest absolute Gasteiger partial charge is 0.227 e. The Labute approximate surface area is 117 Å². The molecule has 18 heavy (non-hydrogen) atoms. The third kappa shape index (κ3) is 3.56. The van der Waals surface area contributed by atoms with Crippen molar-refractivity contribution >= 4 is 21.8 Å². The van der Waals surface area contributed by atoms with Crippen LogP contribution in [0.3, 0.4) is 0 Å². The zero-order chi connectivity index (χ0) is 13.2. The maximum absolute atomic E-state index is 12.2. The van der Waals surface area contributed by atoms with E-state index in [1.54, 1.807) is 0 Å². The molecule has 3 nitrogen and oxygen atoms in total. The van der Waals surface area contributed by atoms with E-state index in [9.17, 15) is 4.79 Å². The quantitative estimate of drug-likeness (QED) is 0.908. The van der Waals surface area contributed by atoms with E-state index in [0.29, 0.717) is 6.42 Å². The molecule has 1 saturated heterocycles. The van der Waals surface area contributed by atoms with Crippen molar-refractivity contribution in [2.75, 3.05) is 19.6 Å². The van der Waals surface area contributed by atoms with Crippen LogP contribution in [0.5, 0.6) is 0 Å². The highest BCUT2D eigenvalue weighted by Gasteiger charge is 2.28. The second-order valence-corrected chi connectivity index (χ2v) is 6.35. The van der Waals surface area contributed by atoms with Gasteiger partial charge in [-0.15, -0.1) is 0 Å². The Morgan fingerprint density at radius 1 is 1.50 bits per heavy atom. The summed E-state index contributed by atoms with van der Waals surface area (Å²) < 4.78 is 1.02. The van der Waals surface area contributed by atoms with Gasteiger partial charge < -0.3 is 10.2 Å². The molecule has 4 heteroatoms. The number of hydrogen-bond donors (Lipinski definition) is 1. The Morgan fingerprint density at radius 2 is 2.28 bits per heavy atom. The summed E-state index contributed by atoms with van der Waals surface area (Å²) in [6, 6.07) is 7.94. The second kappa shape index (κ2) is 5.41. The molecule has 0 radical (unpaired) electrons. The number of carbonyl (C=O) groups is 1. The van der Waals surface area contributed by atoms with Crippen LogP contribution < -0.4 is 5.32 Å². The fraction of sp³-hybridized carbons (Fsp3) is 0.500. The van der Waals surface area contributed by atoms with Crippen molar-refractivity contribution in [1.82, 2.24) is 10.2 Å². The number of piperazine rings is 1. The molecule has 98 valence electrons. The summed E-state index contributed by atoms with van der Waals surface area (Å²) in [7, 11) is 0. The summed E-state index contributed by atoms with van der Waals surface area (Å²) in [5, 5.41) is 3.41. The number of hydrogen-bond acceptors (Lipinski definition) is 2. The van der Waals surface area contributed by atoms with E-state index >= 15 is 0 Å². The standard InChI is InChI=1S/C14H19BrN2O/c1-14(2)10-17(7-6-16-14)13(18)9-11-4-3-5-12(15)8-11/h3-5,8,16H,6-7,9-10H2,1-2H3. The number of benzene rings is 1. The normalized spacial score (nSPS) is 18.7. The Hall–Kier alpha value is -0.870. The van der Waals surface area contributed by atoms with Crippen LogP contribution in [0.25, 0.3) is 0 Å². The van der Waals surface area contributed by atoms with Crippen LogP contribution in [-0.4, -0.2) is 36.0 Å². The van der Waals surface area contributed by atoms with Crippen molar-refractivity contribution in [2.45, 2.75) is 25.8 Å². The maximum Gasteiger partial charge on any atom is 0.227 e. The zero-order valence-corrected chi connectivity index (χ0v) is 12.5. The Morgan fingerprint density at radius 3 is 2.94 bits per heavy atom. The van der Waals surface area contributed by atoms with Crippen LogP contribution in [-0.2, 0) is 11.2 Å². The van der Waals surface area contributed by atoms with Gasteiger partial charge in [0.2, 0.25) is 5.91 Å².